The molecule has 1 aromatic rings. The minimum absolute atomic E-state index is 0.0294. The van der Waals surface area contributed by atoms with Crippen LogP contribution in [0.4, 0.5) is 5.69 Å². The highest BCUT2D eigenvalue weighted by Gasteiger charge is 2.30. The van der Waals surface area contributed by atoms with Gasteiger partial charge in [-0.25, -0.2) is 8.42 Å². The summed E-state index contributed by atoms with van der Waals surface area (Å²) in [6, 6.07) is 4.98. The van der Waals surface area contributed by atoms with Gasteiger partial charge < -0.3 is 5.11 Å². The number of nitro benzene ring substituents is 1. The molecule has 9 heteroatoms. The molecule has 0 bridgehead atoms. The van der Waals surface area contributed by atoms with Crippen molar-refractivity contribution in [1.82, 2.24) is 4.31 Å². The van der Waals surface area contributed by atoms with Crippen molar-refractivity contribution in [2.75, 3.05) is 13.1 Å². The van der Waals surface area contributed by atoms with Crippen molar-refractivity contribution in [3.8, 4) is 0 Å². The number of nitro groups is 1. The van der Waals surface area contributed by atoms with E-state index in [1.54, 1.807) is 0 Å². The largest absolute Gasteiger partial charge is 0.481 e. The number of hydrogen-bond donors (Lipinski definition) is 1. The van der Waals surface area contributed by atoms with Gasteiger partial charge in [-0.15, -0.1) is 0 Å². The zero-order chi connectivity index (χ0) is 15.3. The molecule has 0 radical (unpaired) electrons. The Morgan fingerprint density at radius 2 is 2.00 bits per heavy atom. The molecule has 0 saturated carbocycles. The number of hydrogen-bond acceptors (Lipinski definition) is 5. The fourth-order valence-corrected chi connectivity index (χ4v) is 3.24. The van der Waals surface area contributed by atoms with Crippen LogP contribution >= 0.6 is 0 Å². The molecule has 0 unspecified atom stereocenters. The average Bonchev–Trinajstić information content (AvgIpc) is 2.38. The van der Waals surface area contributed by atoms with Crippen LogP contribution in [0.3, 0.4) is 0 Å². The predicted molar refractivity (Wildman–Crippen MR) is 69.8 cm³/mol. The van der Waals surface area contributed by atoms with E-state index in [0.29, 0.717) is 0 Å². The predicted octanol–water partition coefficient (Wildman–Crippen LogP) is 1.08. The van der Waals surface area contributed by atoms with Gasteiger partial charge in [0.25, 0.3) is 5.69 Å². The molecule has 0 spiro atoms. The van der Waals surface area contributed by atoms with Crippen molar-refractivity contribution in [2.24, 2.45) is 0 Å². The molecular formula is C11H14N2O6S. The molecule has 0 aromatic heterocycles. The number of carboxylic acids is 1. The van der Waals surface area contributed by atoms with Crippen LogP contribution < -0.4 is 0 Å². The minimum Gasteiger partial charge on any atom is -0.481 e. The molecule has 0 aliphatic heterocycles. The van der Waals surface area contributed by atoms with Gasteiger partial charge in [0.15, 0.2) is 4.90 Å². The van der Waals surface area contributed by atoms with Crippen LogP contribution in [0.2, 0.25) is 0 Å². The highest BCUT2D eigenvalue weighted by Crippen LogP contribution is 2.26. The lowest BCUT2D eigenvalue weighted by Crippen LogP contribution is -2.33. The van der Waals surface area contributed by atoms with Gasteiger partial charge in [-0.1, -0.05) is 19.1 Å². The number of benzene rings is 1. The maximum Gasteiger partial charge on any atom is 0.304 e. The lowest BCUT2D eigenvalue weighted by molar-refractivity contribution is -0.387. The van der Waals surface area contributed by atoms with Gasteiger partial charge in [0.2, 0.25) is 10.0 Å². The van der Waals surface area contributed by atoms with E-state index < -0.39 is 31.5 Å². The number of nitrogens with zero attached hydrogens (tertiary/aromatic N) is 2. The smallest absolute Gasteiger partial charge is 0.304 e. The monoisotopic (exact) mass is 302 g/mol. The summed E-state index contributed by atoms with van der Waals surface area (Å²) in [7, 11) is -4.09. The Morgan fingerprint density at radius 1 is 1.40 bits per heavy atom. The third kappa shape index (κ3) is 3.52. The molecule has 0 heterocycles. The van der Waals surface area contributed by atoms with Gasteiger partial charge >= 0.3 is 5.97 Å². The number of aliphatic carboxylic acids is 1. The van der Waals surface area contributed by atoms with Crippen LogP contribution in [0.5, 0.6) is 0 Å². The number of carboxylic acid groups (broad SMARTS) is 1. The third-order valence-corrected chi connectivity index (χ3v) is 4.63. The number of carbonyl (C=O) groups is 1. The van der Waals surface area contributed by atoms with Crippen molar-refractivity contribution in [2.45, 2.75) is 18.2 Å². The molecule has 0 aliphatic rings. The summed E-state index contributed by atoms with van der Waals surface area (Å²) < 4.78 is 25.6. The summed E-state index contributed by atoms with van der Waals surface area (Å²) >= 11 is 0. The van der Waals surface area contributed by atoms with E-state index in [2.05, 4.69) is 0 Å². The Labute approximate surface area is 115 Å². The van der Waals surface area contributed by atoms with E-state index in [4.69, 9.17) is 5.11 Å². The first-order valence-electron chi connectivity index (χ1n) is 5.76. The lowest BCUT2D eigenvalue weighted by Gasteiger charge is -2.19. The third-order valence-electron chi connectivity index (χ3n) is 2.61. The van der Waals surface area contributed by atoms with Crippen LogP contribution in [0.25, 0.3) is 0 Å². The summed E-state index contributed by atoms with van der Waals surface area (Å²) in [5, 5.41) is 19.5. The second-order valence-corrected chi connectivity index (χ2v) is 5.77. The van der Waals surface area contributed by atoms with Crippen LogP contribution in [-0.4, -0.2) is 41.8 Å². The van der Waals surface area contributed by atoms with E-state index in [-0.39, 0.29) is 19.5 Å². The topological polar surface area (TPSA) is 118 Å². The molecule has 0 aliphatic carbocycles. The number of para-hydroxylation sites is 1. The Morgan fingerprint density at radius 3 is 2.50 bits per heavy atom. The first-order chi connectivity index (χ1) is 9.30. The van der Waals surface area contributed by atoms with Crippen LogP contribution in [0.15, 0.2) is 29.2 Å². The van der Waals surface area contributed by atoms with Crippen molar-refractivity contribution in [3.63, 3.8) is 0 Å². The standard InChI is InChI=1S/C11H14N2O6S/c1-2-12(8-7-11(14)15)20(18,19)10-6-4-3-5-9(10)13(16)17/h3-6H,2,7-8H2,1H3,(H,14,15). The SMILES string of the molecule is CCN(CCC(=O)O)S(=O)(=O)c1ccccc1[N+](=O)[O-]. The van der Waals surface area contributed by atoms with E-state index >= 15 is 0 Å². The Balaban J connectivity index is 3.21. The zero-order valence-electron chi connectivity index (χ0n) is 10.7. The van der Waals surface area contributed by atoms with Crippen LogP contribution in [0.1, 0.15) is 13.3 Å². The molecule has 1 aromatic carbocycles. The summed E-state index contributed by atoms with van der Waals surface area (Å²) in [5.74, 6) is -1.14. The minimum atomic E-state index is -4.09. The van der Waals surface area contributed by atoms with E-state index in [0.717, 1.165) is 16.4 Å². The van der Waals surface area contributed by atoms with Crippen LogP contribution in [0, 0.1) is 10.1 Å². The first-order valence-corrected chi connectivity index (χ1v) is 7.20. The van der Waals surface area contributed by atoms with Gasteiger partial charge in [-0.05, 0) is 6.07 Å². The Bertz CT molecular complexity index is 613. The molecule has 8 nitrogen and oxygen atoms in total. The van der Waals surface area contributed by atoms with E-state index in [9.17, 15) is 23.3 Å². The van der Waals surface area contributed by atoms with Gasteiger partial charge in [-0.3, -0.25) is 14.9 Å². The highest BCUT2D eigenvalue weighted by atomic mass is 32.2. The molecular weight excluding hydrogens is 288 g/mol. The van der Waals surface area contributed by atoms with Gasteiger partial charge in [0.05, 0.1) is 11.3 Å². The number of rotatable bonds is 7. The molecule has 110 valence electrons. The van der Waals surface area contributed by atoms with Crippen molar-refractivity contribution >= 4 is 21.7 Å². The Hall–Kier alpha value is -2.00. The summed E-state index contributed by atoms with van der Waals surface area (Å²) in [6.45, 7) is 1.33. The van der Waals surface area contributed by atoms with Crippen LogP contribution in [-0.2, 0) is 14.8 Å². The molecule has 0 atom stereocenters. The van der Waals surface area contributed by atoms with Crippen molar-refractivity contribution < 1.29 is 23.2 Å². The second kappa shape index (κ2) is 6.44. The molecule has 0 saturated heterocycles. The lowest BCUT2D eigenvalue weighted by atomic mass is 10.3. The average molecular weight is 302 g/mol. The highest BCUT2D eigenvalue weighted by molar-refractivity contribution is 7.89. The molecule has 0 fully saturated rings. The van der Waals surface area contributed by atoms with Gasteiger partial charge in [-0.2, -0.15) is 4.31 Å². The maximum atomic E-state index is 12.3. The molecule has 1 rings (SSSR count). The fourth-order valence-electron chi connectivity index (χ4n) is 1.63. The maximum absolute atomic E-state index is 12.3. The normalized spacial score (nSPS) is 11.5. The fraction of sp³-hybridized carbons (Fsp3) is 0.364. The number of sulfonamides is 1. The van der Waals surface area contributed by atoms with Crippen molar-refractivity contribution in [3.05, 3.63) is 34.4 Å². The van der Waals surface area contributed by atoms with E-state index in [1.807, 2.05) is 0 Å². The summed E-state index contributed by atoms with van der Waals surface area (Å²) in [5.41, 5.74) is -0.527. The van der Waals surface area contributed by atoms with E-state index in [1.165, 1.54) is 19.1 Å². The van der Waals surface area contributed by atoms with Gasteiger partial charge in [0, 0.05) is 19.2 Å². The summed E-state index contributed by atoms with van der Waals surface area (Å²) in [4.78, 5) is 20.2. The zero-order valence-corrected chi connectivity index (χ0v) is 11.5. The molecule has 20 heavy (non-hydrogen) atoms. The summed E-state index contributed by atoms with van der Waals surface area (Å²) in [6.07, 6.45) is -0.367. The molecule has 1 N–H and O–H groups in total. The van der Waals surface area contributed by atoms with Gasteiger partial charge in [0.1, 0.15) is 0 Å². The Kier molecular flexibility index (Phi) is 5.17. The quantitative estimate of drug-likeness (QED) is 0.594. The first kappa shape index (κ1) is 16.1. The van der Waals surface area contributed by atoms with Crippen molar-refractivity contribution in [1.29, 1.82) is 0 Å². The second-order valence-electron chi connectivity index (χ2n) is 3.87. The molecule has 0 amide bonds.